The third-order valence-electron chi connectivity index (χ3n) is 5.32. The Morgan fingerprint density at radius 2 is 1.64 bits per heavy atom. The first-order valence-electron chi connectivity index (χ1n) is 9.45. The minimum atomic E-state index is -0.153. The second-order valence-corrected chi connectivity index (χ2v) is 7.07. The van der Waals surface area contributed by atoms with Gasteiger partial charge < -0.3 is 4.90 Å². The standard InChI is InChI=1S/C22H21N3O3/c26-20-14-23-25(19-9-5-4-8-18(19)20)15-21(27)24-12-10-17(11-13-24)22(28)16-6-2-1-3-7-16/h1-9,14,17H,10-13,15H2. The molecule has 6 nitrogen and oxygen atoms in total. The van der Waals surface area contributed by atoms with Gasteiger partial charge in [0.1, 0.15) is 6.54 Å². The fraction of sp³-hybridized carbons (Fsp3) is 0.273. The number of amides is 1. The van der Waals surface area contributed by atoms with Crippen molar-refractivity contribution in [3.8, 4) is 0 Å². The first-order chi connectivity index (χ1) is 13.6. The lowest BCUT2D eigenvalue weighted by Crippen LogP contribution is -2.42. The number of rotatable bonds is 4. The van der Waals surface area contributed by atoms with Crippen molar-refractivity contribution in [2.45, 2.75) is 19.4 Å². The molecule has 1 aliphatic rings. The normalized spacial score (nSPS) is 14.9. The van der Waals surface area contributed by atoms with E-state index < -0.39 is 0 Å². The van der Waals surface area contributed by atoms with Crippen LogP contribution in [0.15, 0.2) is 65.6 Å². The number of Topliss-reactive ketones (excluding diaryl/α,β-unsaturated/α-hetero) is 1. The topological polar surface area (TPSA) is 72.3 Å². The first-order valence-corrected chi connectivity index (χ1v) is 9.45. The SMILES string of the molecule is O=C(c1ccccc1)C1CCN(C(=O)Cn2ncc(=O)c3ccccc32)CC1. The highest BCUT2D eigenvalue weighted by Gasteiger charge is 2.28. The summed E-state index contributed by atoms with van der Waals surface area (Å²) in [7, 11) is 0. The Hall–Kier alpha value is -3.28. The summed E-state index contributed by atoms with van der Waals surface area (Å²) in [6.45, 7) is 1.19. The number of nitrogens with zero attached hydrogens (tertiary/aromatic N) is 3. The Balaban J connectivity index is 1.42. The van der Waals surface area contributed by atoms with Gasteiger partial charge in [0.05, 0.1) is 11.7 Å². The highest BCUT2D eigenvalue weighted by molar-refractivity contribution is 5.98. The van der Waals surface area contributed by atoms with E-state index in [-0.39, 0.29) is 29.6 Å². The number of piperidine rings is 1. The highest BCUT2D eigenvalue weighted by Crippen LogP contribution is 2.22. The van der Waals surface area contributed by atoms with Gasteiger partial charge in [-0.05, 0) is 25.0 Å². The molecule has 0 atom stereocenters. The number of aromatic nitrogens is 2. The van der Waals surface area contributed by atoms with E-state index in [2.05, 4.69) is 5.10 Å². The van der Waals surface area contributed by atoms with Crippen molar-refractivity contribution in [2.75, 3.05) is 13.1 Å². The van der Waals surface area contributed by atoms with Crippen molar-refractivity contribution in [3.05, 3.63) is 76.6 Å². The fourth-order valence-electron chi connectivity index (χ4n) is 3.74. The van der Waals surface area contributed by atoms with Gasteiger partial charge in [0, 0.05) is 30.0 Å². The molecule has 0 N–H and O–H groups in total. The van der Waals surface area contributed by atoms with Gasteiger partial charge in [0.15, 0.2) is 5.78 Å². The van der Waals surface area contributed by atoms with Crippen LogP contribution in [0.25, 0.3) is 10.9 Å². The van der Waals surface area contributed by atoms with Crippen LogP contribution in [0.1, 0.15) is 23.2 Å². The summed E-state index contributed by atoms with van der Waals surface area (Å²) in [5, 5.41) is 4.68. The molecule has 28 heavy (non-hydrogen) atoms. The molecule has 1 saturated heterocycles. The summed E-state index contributed by atoms with van der Waals surface area (Å²) in [6.07, 6.45) is 2.58. The number of likely N-dealkylation sites (tertiary alicyclic amines) is 1. The summed E-state index contributed by atoms with van der Waals surface area (Å²) < 4.78 is 1.57. The molecule has 4 rings (SSSR count). The van der Waals surface area contributed by atoms with Gasteiger partial charge in [-0.2, -0.15) is 5.10 Å². The Kier molecular flexibility index (Phi) is 5.02. The molecule has 0 unspecified atom stereocenters. The number of fused-ring (bicyclic) bond motifs is 1. The van der Waals surface area contributed by atoms with Crippen LogP contribution in [-0.4, -0.2) is 39.5 Å². The van der Waals surface area contributed by atoms with Crippen LogP contribution in [0.5, 0.6) is 0 Å². The molecule has 3 aromatic rings. The molecular weight excluding hydrogens is 354 g/mol. The van der Waals surface area contributed by atoms with Gasteiger partial charge >= 0.3 is 0 Å². The number of hydrogen-bond donors (Lipinski definition) is 0. The smallest absolute Gasteiger partial charge is 0.244 e. The zero-order valence-corrected chi connectivity index (χ0v) is 15.5. The second kappa shape index (κ2) is 7.76. The van der Waals surface area contributed by atoms with Crippen LogP contribution >= 0.6 is 0 Å². The predicted molar refractivity (Wildman–Crippen MR) is 106 cm³/mol. The lowest BCUT2D eigenvalue weighted by Gasteiger charge is -2.31. The molecule has 1 aliphatic heterocycles. The molecule has 1 amide bonds. The van der Waals surface area contributed by atoms with E-state index >= 15 is 0 Å². The molecule has 0 bridgehead atoms. The van der Waals surface area contributed by atoms with Crippen LogP contribution < -0.4 is 5.43 Å². The van der Waals surface area contributed by atoms with Crippen molar-refractivity contribution in [1.29, 1.82) is 0 Å². The number of benzene rings is 2. The van der Waals surface area contributed by atoms with E-state index in [1.165, 1.54) is 6.20 Å². The van der Waals surface area contributed by atoms with Crippen LogP contribution in [0.3, 0.4) is 0 Å². The van der Waals surface area contributed by atoms with Gasteiger partial charge in [0.2, 0.25) is 11.3 Å². The monoisotopic (exact) mass is 375 g/mol. The summed E-state index contributed by atoms with van der Waals surface area (Å²) in [4.78, 5) is 39.1. The summed E-state index contributed by atoms with van der Waals surface area (Å²) in [5.74, 6) is 0.0606. The first kappa shape index (κ1) is 18.1. The molecular formula is C22H21N3O3. The van der Waals surface area contributed by atoms with Gasteiger partial charge in [0.25, 0.3) is 0 Å². The van der Waals surface area contributed by atoms with Crippen molar-refractivity contribution in [1.82, 2.24) is 14.7 Å². The third-order valence-corrected chi connectivity index (χ3v) is 5.32. The predicted octanol–water partition coefficient (Wildman–Crippen LogP) is 2.52. The molecule has 0 radical (unpaired) electrons. The molecule has 0 aliphatic carbocycles. The average Bonchev–Trinajstić information content (AvgIpc) is 2.76. The van der Waals surface area contributed by atoms with E-state index in [9.17, 15) is 14.4 Å². The van der Waals surface area contributed by atoms with Crippen LogP contribution in [0.4, 0.5) is 0 Å². The zero-order valence-electron chi connectivity index (χ0n) is 15.5. The molecule has 1 aromatic heterocycles. The van der Waals surface area contributed by atoms with Crippen molar-refractivity contribution in [2.24, 2.45) is 5.92 Å². The Morgan fingerprint density at radius 3 is 2.39 bits per heavy atom. The molecule has 0 spiro atoms. The molecule has 2 heterocycles. The summed E-state index contributed by atoms with van der Waals surface area (Å²) >= 11 is 0. The number of ketones is 1. The van der Waals surface area contributed by atoms with E-state index in [1.807, 2.05) is 36.4 Å². The minimum Gasteiger partial charge on any atom is -0.341 e. The van der Waals surface area contributed by atoms with Crippen molar-refractivity contribution in [3.63, 3.8) is 0 Å². The van der Waals surface area contributed by atoms with Gasteiger partial charge in [-0.25, -0.2) is 0 Å². The van der Waals surface area contributed by atoms with Crippen LogP contribution in [0, 0.1) is 5.92 Å². The Bertz CT molecular complexity index is 1070. The molecule has 6 heteroatoms. The van der Waals surface area contributed by atoms with Crippen LogP contribution in [0.2, 0.25) is 0 Å². The minimum absolute atomic E-state index is 0.0437. The lowest BCUT2D eigenvalue weighted by molar-refractivity contribution is -0.133. The summed E-state index contributed by atoms with van der Waals surface area (Å²) in [5.41, 5.74) is 1.23. The third kappa shape index (κ3) is 3.58. The largest absolute Gasteiger partial charge is 0.341 e. The summed E-state index contributed by atoms with van der Waals surface area (Å²) in [6, 6.07) is 16.5. The maximum absolute atomic E-state index is 12.7. The van der Waals surface area contributed by atoms with E-state index in [0.717, 1.165) is 5.56 Å². The molecule has 0 saturated carbocycles. The highest BCUT2D eigenvalue weighted by atomic mass is 16.2. The Labute approximate surface area is 162 Å². The zero-order chi connectivity index (χ0) is 19.5. The molecule has 2 aromatic carbocycles. The number of para-hydroxylation sites is 1. The number of carbonyl (C=O) groups is 2. The van der Waals surface area contributed by atoms with Gasteiger partial charge in [-0.3, -0.25) is 19.1 Å². The lowest BCUT2D eigenvalue weighted by atomic mass is 9.89. The maximum Gasteiger partial charge on any atom is 0.244 e. The van der Waals surface area contributed by atoms with E-state index in [1.54, 1.807) is 27.8 Å². The number of carbonyl (C=O) groups excluding carboxylic acids is 2. The maximum atomic E-state index is 12.7. The van der Waals surface area contributed by atoms with Crippen molar-refractivity contribution >= 4 is 22.6 Å². The van der Waals surface area contributed by atoms with Gasteiger partial charge in [-0.1, -0.05) is 42.5 Å². The van der Waals surface area contributed by atoms with Gasteiger partial charge in [-0.15, -0.1) is 0 Å². The molecule has 1 fully saturated rings. The quantitative estimate of drug-likeness (QED) is 0.657. The van der Waals surface area contributed by atoms with Crippen LogP contribution in [-0.2, 0) is 11.3 Å². The second-order valence-electron chi connectivity index (χ2n) is 7.07. The fourth-order valence-corrected chi connectivity index (χ4v) is 3.74. The number of hydrogen-bond acceptors (Lipinski definition) is 4. The molecule has 142 valence electrons. The van der Waals surface area contributed by atoms with Crippen molar-refractivity contribution < 1.29 is 9.59 Å². The average molecular weight is 375 g/mol. The Morgan fingerprint density at radius 1 is 0.964 bits per heavy atom. The van der Waals surface area contributed by atoms with E-state index in [0.29, 0.717) is 36.8 Å². The van der Waals surface area contributed by atoms with E-state index in [4.69, 9.17) is 0 Å².